The zero-order valence-corrected chi connectivity index (χ0v) is 14.0. The Bertz CT molecular complexity index is 843. The Hall–Kier alpha value is -2.86. The summed E-state index contributed by atoms with van der Waals surface area (Å²) in [4.78, 5) is 16.6. The van der Waals surface area contributed by atoms with E-state index in [-0.39, 0.29) is 12.3 Å². The number of nitrogen functional groups attached to an aromatic ring is 1. The van der Waals surface area contributed by atoms with E-state index in [9.17, 15) is 4.79 Å². The molecule has 1 heterocycles. The molecule has 3 aromatic rings. The third-order valence-corrected chi connectivity index (χ3v) is 4.20. The molecular weight excluding hydrogens is 322 g/mol. The topological polar surface area (TPSA) is 77.2 Å². The minimum Gasteiger partial charge on any atom is -0.497 e. The van der Waals surface area contributed by atoms with Crippen molar-refractivity contribution in [3.8, 4) is 17.0 Å². The van der Waals surface area contributed by atoms with Crippen LogP contribution in [0.4, 0.5) is 10.8 Å². The number of amides is 1. The van der Waals surface area contributed by atoms with Crippen molar-refractivity contribution in [1.82, 2.24) is 4.98 Å². The van der Waals surface area contributed by atoms with Gasteiger partial charge in [0.15, 0.2) is 5.13 Å². The van der Waals surface area contributed by atoms with Crippen LogP contribution in [0.5, 0.6) is 5.75 Å². The summed E-state index contributed by atoms with van der Waals surface area (Å²) in [5, 5.41) is 5.33. The SMILES string of the molecule is COc1ccc(CC(=O)Nc2ccccc2-c2csc(N)n2)cc1. The average molecular weight is 339 g/mol. The standard InChI is InChI=1S/C18H17N3O2S/c1-23-13-8-6-12(7-9-13)10-17(22)20-15-5-3-2-4-14(15)16-11-24-18(19)21-16/h2-9,11H,10H2,1H3,(H2,19,21)(H,20,22). The van der Waals surface area contributed by atoms with E-state index in [1.807, 2.05) is 53.9 Å². The summed E-state index contributed by atoms with van der Waals surface area (Å²) in [6.07, 6.45) is 0.289. The van der Waals surface area contributed by atoms with Gasteiger partial charge in [-0.3, -0.25) is 4.79 Å². The number of hydrogen-bond donors (Lipinski definition) is 2. The van der Waals surface area contributed by atoms with E-state index >= 15 is 0 Å². The van der Waals surface area contributed by atoms with Crippen molar-refractivity contribution in [3.63, 3.8) is 0 Å². The fourth-order valence-electron chi connectivity index (χ4n) is 2.35. The maximum Gasteiger partial charge on any atom is 0.228 e. The molecule has 0 fully saturated rings. The van der Waals surface area contributed by atoms with Gasteiger partial charge in [0.2, 0.25) is 5.91 Å². The lowest BCUT2D eigenvalue weighted by Gasteiger charge is -2.10. The first-order valence-corrected chi connectivity index (χ1v) is 8.27. The molecular formula is C18H17N3O2S. The quantitative estimate of drug-likeness (QED) is 0.745. The molecule has 2 aromatic carbocycles. The Balaban J connectivity index is 1.74. The first-order valence-electron chi connectivity index (χ1n) is 7.39. The molecule has 3 rings (SSSR count). The predicted octanol–water partition coefficient (Wildman–Crippen LogP) is 3.58. The molecule has 0 aliphatic rings. The largest absolute Gasteiger partial charge is 0.497 e. The van der Waals surface area contributed by atoms with E-state index in [2.05, 4.69) is 10.3 Å². The minimum absolute atomic E-state index is 0.0872. The number of nitrogens with two attached hydrogens (primary N) is 1. The van der Waals surface area contributed by atoms with E-state index < -0.39 is 0 Å². The van der Waals surface area contributed by atoms with Crippen molar-refractivity contribution in [3.05, 3.63) is 59.5 Å². The van der Waals surface area contributed by atoms with E-state index in [1.54, 1.807) is 7.11 Å². The number of methoxy groups -OCH3 is 1. The number of rotatable bonds is 5. The molecule has 6 heteroatoms. The number of ether oxygens (including phenoxy) is 1. The number of carbonyl (C=O) groups excluding carboxylic acids is 1. The van der Waals surface area contributed by atoms with E-state index in [0.29, 0.717) is 5.13 Å². The maximum absolute atomic E-state index is 12.3. The summed E-state index contributed by atoms with van der Waals surface area (Å²) in [5.41, 5.74) is 8.96. The van der Waals surface area contributed by atoms with Crippen LogP contribution in [0.15, 0.2) is 53.9 Å². The van der Waals surface area contributed by atoms with Gasteiger partial charge in [-0.05, 0) is 23.8 Å². The predicted molar refractivity (Wildman–Crippen MR) is 97.3 cm³/mol. The van der Waals surface area contributed by atoms with Gasteiger partial charge in [0.05, 0.1) is 24.9 Å². The average Bonchev–Trinajstić information content (AvgIpc) is 3.02. The van der Waals surface area contributed by atoms with Crippen LogP contribution in [-0.2, 0) is 11.2 Å². The Morgan fingerprint density at radius 2 is 1.96 bits per heavy atom. The van der Waals surface area contributed by atoms with Gasteiger partial charge in [0.25, 0.3) is 0 Å². The second-order valence-electron chi connectivity index (χ2n) is 5.19. The second kappa shape index (κ2) is 7.14. The van der Waals surface area contributed by atoms with Gasteiger partial charge in [-0.2, -0.15) is 0 Å². The highest BCUT2D eigenvalue weighted by atomic mass is 32.1. The Morgan fingerprint density at radius 3 is 2.62 bits per heavy atom. The van der Waals surface area contributed by atoms with Crippen LogP contribution < -0.4 is 15.8 Å². The zero-order chi connectivity index (χ0) is 16.9. The molecule has 1 aromatic heterocycles. The van der Waals surface area contributed by atoms with Crippen LogP contribution in [0.25, 0.3) is 11.3 Å². The molecule has 0 saturated carbocycles. The summed E-state index contributed by atoms with van der Waals surface area (Å²) in [6, 6.07) is 15.0. The molecule has 3 N–H and O–H groups in total. The monoisotopic (exact) mass is 339 g/mol. The molecule has 0 radical (unpaired) electrons. The van der Waals surface area contributed by atoms with Gasteiger partial charge in [-0.1, -0.05) is 30.3 Å². The summed E-state index contributed by atoms with van der Waals surface area (Å²) in [6.45, 7) is 0. The van der Waals surface area contributed by atoms with Crippen molar-refractivity contribution < 1.29 is 9.53 Å². The van der Waals surface area contributed by atoms with E-state index in [4.69, 9.17) is 10.5 Å². The molecule has 0 unspecified atom stereocenters. The molecule has 0 saturated heterocycles. The van der Waals surface area contributed by atoms with Gasteiger partial charge in [0, 0.05) is 10.9 Å². The number of para-hydroxylation sites is 1. The van der Waals surface area contributed by atoms with Crippen molar-refractivity contribution in [2.45, 2.75) is 6.42 Å². The number of benzene rings is 2. The van der Waals surface area contributed by atoms with Crippen LogP contribution >= 0.6 is 11.3 Å². The molecule has 0 atom stereocenters. The lowest BCUT2D eigenvalue weighted by molar-refractivity contribution is -0.115. The summed E-state index contributed by atoms with van der Waals surface area (Å²) in [7, 11) is 1.61. The van der Waals surface area contributed by atoms with Crippen LogP contribution in [0.1, 0.15) is 5.56 Å². The molecule has 0 bridgehead atoms. The normalized spacial score (nSPS) is 10.4. The number of anilines is 2. The lowest BCUT2D eigenvalue weighted by Crippen LogP contribution is -2.15. The Kier molecular flexibility index (Phi) is 4.77. The van der Waals surface area contributed by atoms with Gasteiger partial charge in [-0.15, -0.1) is 11.3 Å². The Labute approximate surface area is 144 Å². The lowest BCUT2D eigenvalue weighted by atomic mass is 10.1. The number of hydrogen-bond acceptors (Lipinski definition) is 5. The van der Waals surface area contributed by atoms with Crippen LogP contribution in [-0.4, -0.2) is 18.0 Å². The van der Waals surface area contributed by atoms with Crippen molar-refractivity contribution in [2.75, 3.05) is 18.2 Å². The fraction of sp³-hybridized carbons (Fsp3) is 0.111. The molecule has 0 spiro atoms. The summed E-state index contributed by atoms with van der Waals surface area (Å²) < 4.78 is 5.12. The molecule has 1 amide bonds. The maximum atomic E-state index is 12.3. The smallest absolute Gasteiger partial charge is 0.228 e. The van der Waals surface area contributed by atoms with Crippen molar-refractivity contribution in [1.29, 1.82) is 0 Å². The third kappa shape index (κ3) is 3.72. The third-order valence-electron chi connectivity index (χ3n) is 3.52. The molecule has 24 heavy (non-hydrogen) atoms. The van der Waals surface area contributed by atoms with E-state index in [1.165, 1.54) is 11.3 Å². The van der Waals surface area contributed by atoms with Crippen LogP contribution in [0.2, 0.25) is 0 Å². The summed E-state index contributed by atoms with van der Waals surface area (Å²) in [5.74, 6) is 0.682. The highest BCUT2D eigenvalue weighted by molar-refractivity contribution is 7.13. The highest BCUT2D eigenvalue weighted by Gasteiger charge is 2.11. The summed E-state index contributed by atoms with van der Waals surface area (Å²) >= 11 is 1.38. The first kappa shape index (κ1) is 16.0. The number of nitrogens with one attached hydrogen (secondary N) is 1. The van der Waals surface area contributed by atoms with Gasteiger partial charge in [-0.25, -0.2) is 4.98 Å². The molecule has 0 aliphatic heterocycles. The molecule has 0 aliphatic carbocycles. The Morgan fingerprint density at radius 1 is 1.21 bits per heavy atom. The molecule has 122 valence electrons. The number of thiazole rings is 1. The van der Waals surface area contributed by atoms with Gasteiger partial charge in [0.1, 0.15) is 5.75 Å². The van der Waals surface area contributed by atoms with Gasteiger partial charge < -0.3 is 15.8 Å². The minimum atomic E-state index is -0.0872. The number of carbonyl (C=O) groups is 1. The van der Waals surface area contributed by atoms with Crippen LogP contribution in [0, 0.1) is 0 Å². The van der Waals surface area contributed by atoms with Crippen molar-refractivity contribution >= 4 is 28.1 Å². The van der Waals surface area contributed by atoms with Crippen molar-refractivity contribution in [2.24, 2.45) is 0 Å². The number of nitrogens with zero attached hydrogens (tertiary/aromatic N) is 1. The molecule has 5 nitrogen and oxygen atoms in total. The second-order valence-corrected chi connectivity index (χ2v) is 6.08. The number of aromatic nitrogens is 1. The zero-order valence-electron chi connectivity index (χ0n) is 13.2. The van der Waals surface area contributed by atoms with Crippen LogP contribution in [0.3, 0.4) is 0 Å². The van der Waals surface area contributed by atoms with Gasteiger partial charge >= 0.3 is 0 Å². The highest BCUT2D eigenvalue weighted by Crippen LogP contribution is 2.29. The first-order chi connectivity index (χ1) is 11.7. The fourth-order valence-corrected chi connectivity index (χ4v) is 2.91. The van der Waals surface area contributed by atoms with E-state index in [0.717, 1.165) is 28.3 Å².